The molecule has 1 aromatic rings. The normalized spacial score (nSPS) is 23.0. The van der Waals surface area contributed by atoms with E-state index in [1.807, 2.05) is 0 Å². The smallest absolute Gasteiger partial charge is 0.273 e. The molecule has 2 rings (SSSR count). The molecule has 1 heterocycles. The van der Waals surface area contributed by atoms with Crippen molar-refractivity contribution >= 4 is 11.8 Å². The molecule has 5 N–H and O–H groups in total. The minimum absolute atomic E-state index is 0.0848. The summed E-state index contributed by atoms with van der Waals surface area (Å²) in [5.74, 6) is -0.811. The fourth-order valence-corrected chi connectivity index (χ4v) is 2.16. The molecule has 1 fully saturated rings. The van der Waals surface area contributed by atoms with Crippen molar-refractivity contribution in [3.63, 3.8) is 0 Å². The number of rotatable bonds is 4. The zero-order chi connectivity index (χ0) is 13.8. The summed E-state index contributed by atoms with van der Waals surface area (Å²) in [5.41, 5.74) is 11.0. The molecule has 1 saturated carbocycles. The number of amides is 2. The van der Waals surface area contributed by atoms with Gasteiger partial charge in [0, 0.05) is 12.1 Å². The first-order valence-electron chi connectivity index (χ1n) is 6.29. The number of hydrogen-bond donors (Lipinski definition) is 3. The first kappa shape index (κ1) is 13.5. The van der Waals surface area contributed by atoms with Gasteiger partial charge in [-0.1, -0.05) is 5.21 Å². The molecule has 0 aromatic carbocycles. The fraction of sp³-hybridized carbons (Fsp3) is 0.636. The van der Waals surface area contributed by atoms with E-state index in [-0.39, 0.29) is 30.2 Å². The Morgan fingerprint density at radius 2 is 2.05 bits per heavy atom. The second-order valence-electron chi connectivity index (χ2n) is 4.85. The number of nitrogens with zero attached hydrogens (tertiary/aromatic N) is 3. The molecule has 8 heteroatoms. The van der Waals surface area contributed by atoms with Crippen LogP contribution >= 0.6 is 0 Å². The molecule has 0 aliphatic heterocycles. The average Bonchev–Trinajstić information content (AvgIpc) is 2.80. The van der Waals surface area contributed by atoms with Gasteiger partial charge in [-0.3, -0.25) is 9.59 Å². The lowest BCUT2D eigenvalue weighted by Gasteiger charge is -2.26. The number of nitrogens with two attached hydrogens (primary N) is 2. The Kier molecular flexibility index (Phi) is 4.10. The van der Waals surface area contributed by atoms with Crippen LogP contribution in [0.2, 0.25) is 0 Å². The maximum Gasteiger partial charge on any atom is 0.273 e. The molecule has 1 aliphatic rings. The quantitative estimate of drug-likeness (QED) is 0.628. The Balaban J connectivity index is 1.89. The Bertz CT molecular complexity index is 464. The van der Waals surface area contributed by atoms with E-state index in [0.717, 1.165) is 25.7 Å². The third kappa shape index (κ3) is 3.75. The molecule has 0 bridgehead atoms. The minimum Gasteiger partial charge on any atom is -0.368 e. The minimum atomic E-state index is -0.530. The standard InChI is InChI=1S/C11H18N6O2/c12-7-1-3-8(4-2-7)14-11(19)9-5-17(16-15-9)6-10(13)18/h5,7-8H,1-4,6,12H2,(H2,13,18)(H,14,19). The number of carbonyl (C=O) groups is 2. The Labute approximate surface area is 110 Å². The van der Waals surface area contributed by atoms with Crippen LogP contribution in [-0.4, -0.2) is 38.9 Å². The van der Waals surface area contributed by atoms with Gasteiger partial charge >= 0.3 is 0 Å². The predicted molar refractivity (Wildman–Crippen MR) is 66.9 cm³/mol. The maximum absolute atomic E-state index is 11.9. The highest BCUT2D eigenvalue weighted by molar-refractivity contribution is 5.92. The molecule has 0 radical (unpaired) electrons. The Morgan fingerprint density at radius 3 is 2.68 bits per heavy atom. The van der Waals surface area contributed by atoms with Gasteiger partial charge in [-0.05, 0) is 25.7 Å². The number of aromatic nitrogens is 3. The van der Waals surface area contributed by atoms with Crippen molar-refractivity contribution in [1.29, 1.82) is 0 Å². The molecule has 1 aliphatic carbocycles. The summed E-state index contributed by atoms with van der Waals surface area (Å²) >= 11 is 0. The highest BCUT2D eigenvalue weighted by atomic mass is 16.2. The van der Waals surface area contributed by atoms with E-state index in [9.17, 15) is 9.59 Å². The topological polar surface area (TPSA) is 129 Å². The van der Waals surface area contributed by atoms with Gasteiger partial charge in [0.1, 0.15) is 6.54 Å². The SMILES string of the molecule is NC(=O)Cn1cc(C(=O)NC2CCC(N)CC2)nn1. The fourth-order valence-electron chi connectivity index (χ4n) is 2.16. The van der Waals surface area contributed by atoms with E-state index in [4.69, 9.17) is 11.5 Å². The molecule has 2 amide bonds. The second kappa shape index (κ2) is 5.79. The van der Waals surface area contributed by atoms with Gasteiger partial charge in [-0.25, -0.2) is 4.68 Å². The van der Waals surface area contributed by atoms with Crippen molar-refractivity contribution < 1.29 is 9.59 Å². The van der Waals surface area contributed by atoms with E-state index in [0.29, 0.717) is 0 Å². The molecule has 0 atom stereocenters. The highest BCUT2D eigenvalue weighted by Gasteiger charge is 2.21. The van der Waals surface area contributed by atoms with Crippen LogP contribution in [-0.2, 0) is 11.3 Å². The van der Waals surface area contributed by atoms with Crippen LogP contribution in [0.25, 0.3) is 0 Å². The van der Waals surface area contributed by atoms with Gasteiger partial charge in [-0.2, -0.15) is 0 Å². The summed E-state index contributed by atoms with van der Waals surface area (Å²) in [6.45, 7) is -0.0848. The van der Waals surface area contributed by atoms with Crippen molar-refractivity contribution in [3.05, 3.63) is 11.9 Å². The molecule has 0 unspecified atom stereocenters. The Morgan fingerprint density at radius 1 is 1.37 bits per heavy atom. The molecule has 1 aromatic heterocycles. The lowest BCUT2D eigenvalue weighted by atomic mass is 9.92. The number of carbonyl (C=O) groups excluding carboxylic acids is 2. The third-order valence-corrected chi connectivity index (χ3v) is 3.20. The summed E-state index contributed by atoms with van der Waals surface area (Å²) in [4.78, 5) is 22.6. The third-order valence-electron chi connectivity index (χ3n) is 3.20. The zero-order valence-corrected chi connectivity index (χ0v) is 10.6. The van der Waals surface area contributed by atoms with E-state index in [1.165, 1.54) is 10.9 Å². The van der Waals surface area contributed by atoms with Gasteiger partial charge in [0.15, 0.2) is 5.69 Å². The highest BCUT2D eigenvalue weighted by Crippen LogP contribution is 2.17. The molecule has 0 saturated heterocycles. The summed E-state index contributed by atoms with van der Waals surface area (Å²) < 4.78 is 1.24. The first-order chi connectivity index (χ1) is 9.04. The summed E-state index contributed by atoms with van der Waals surface area (Å²) in [5, 5.41) is 10.3. The zero-order valence-electron chi connectivity index (χ0n) is 10.6. The van der Waals surface area contributed by atoms with E-state index >= 15 is 0 Å². The van der Waals surface area contributed by atoms with Crippen LogP contribution in [0.5, 0.6) is 0 Å². The van der Waals surface area contributed by atoms with Crippen molar-refractivity contribution in [2.24, 2.45) is 11.5 Å². The lowest BCUT2D eigenvalue weighted by molar-refractivity contribution is -0.118. The number of primary amides is 1. The molecule has 8 nitrogen and oxygen atoms in total. The average molecular weight is 266 g/mol. The van der Waals surface area contributed by atoms with Crippen molar-refractivity contribution in [2.75, 3.05) is 0 Å². The molecule has 19 heavy (non-hydrogen) atoms. The predicted octanol–water partition coefficient (Wildman–Crippen LogP) is -1.24. The first-order valence-corrected chi connectivity index (χ1v) is 6.29. The maximum atomic E-state index is 11.9. The van der Waals surface area contributed by atoms with Gasteiger partial charge in [-0.15, -0.1) is 5.10 Å². The summed E-state index contributed by atoms with van der Waals surface area (Å²) in [6, 6.07) is 0.373. The van der Waals surface area contributed by atoms with E-state index in [1.54, 1.807) is 0 Å². The molecular weight excluding hydrogens is 248 g/mol. The van der Waals surface area contributed by atoms with Gasteiger partial charge in [0.2, 0.25) is 5.91 Å². The largest absolute Gasteiger partial charge is 0.368 e. The van der Waals surface area contributed by atoms with Gasteiger partial charge < -0.3 is 16.8 Å². The Hall–Kier alpha value is -1.96. The summed E-state index contributed by atoms with van der Waals surface area (Å²) in [7, 11) is 0. The van der Waals surface area contributed by atoms with Crippen molar-refractivity contribution in [2.45, 2.75) is 44.3 Å². The molecule has 0 spiro atoms. The van der Waals surface area contributed by atoms with E-state index in [2.05, 4.69) is 15.6 Å². The van der Waals surface area contributed by atoms with Crippen LogP contribution in [0.4, 0.5) is 0 Å². The lowest BCUT2D eigenvalue weighted by Crippen LogP contribution is -2.40. The van der Waals surface area contributed by atoms with Crippen LogP contribution in [0, 0.1) is 0 Å². The van der Waals surface area contributed by atoms with Gasteiger partial charge in [0.05, 0.1) is 6.20 Å². The molecule has 104 valence electrons. The van der Waals surface area contributed by atoms with Gasteiger partial charge in [0.25, 0.3) is 5.91 Å². The second-order valence-corrected chi connectivity index (χ2v) is 4.85. The van der Waals surface area contributed by atoms with Crippen LogP contribution < -0.4 is 16.8 Å². The number of hydrogen-bond acceptors (Lipinski definition) is 5. The van der Waals surface area contributed by atoms with Crippen molar-refractivity contribution in [1.82, 2.24) is 20.3 Å². The van der Waals surface area contributed by atoms with Crippen LogP contribution in [0.15, 0.2) is 6.20 Å². The number of nitrogens with one attached hydrogen (secondary N) is 1. The van der Waals surface area contributed by atoms with E-state index < -0.39 is 5.91 Å². The molecular formula is C11H18N6O2. The monoisotopic (exact) mass is 266 g/mol. The van der Waals surface area contributed by atoms with Crippen molar-refractivity contribution in [3.8, 4) is 0 Å². The van der Waals surface area contributed by atoms with Crippen LogP contribution in [0.1, 0.15) is 36.2 Å². The van der Waals surface area contributed by atoms with Crippen LogP contribution in [0.3, 0.4) is 0 Å². The summed E-state index contributed by atoms with van der Waals surface area (Å²) in [6.07, 6.45) is 5.00.